The number of hydrogen-bond acceptors (Lipinski definition) is 4. The summed E-state index contributed by atoms with van der Waals surface area (Å²) >= 11 is 0. The monoisotopic (exact) mass is 312 g/mol. The average molecular weight is 312 g/mol. The van der Waals surface area contributed by atoms with Crippen molar-refractivity contribution in [3.63, 3.8) is 0 Å². The number of nitrogen functional groups attached to an aromatic ring is 1. The summed E-state index contributed by atoms with van der Waals surface area (Å²) in [5.74, 6) is -0.0590. The van der Waals surface area contributed by atoms with Gasteiger partial charge in [-0.1, -0.05) is 6.92 Å². The predicted octanol–water partition coefficient (Wildman–Crippen LogP) is 1.59. The van der Waals surface area contributed by atoms with E-state index < -0.39 is 16.1 Å². The van der Waals surface area contributed by atoms with E-state index in [0.717, 1.165) is 11.1 Å². The number of benzene rings is 1. The van der Waals surface area contributed by atoms with E-state index in [4.69, 9.17) is 5.73 Å². The van der Waals surface area contributed by atoms with E-state index in [1.807, 2.05) is 26.8 Å². The summed E-state index contributed by atoms with van der Waals surface area (Å²) < 4.78 is 27.4. The number of anilines is 1. The molecule has 1 saturated heterocycles. The number of aryl methyl sites for hydroxylation is 1. The lowest BCUT2D eigenvalue weighted by molar-refractivity contribution is 0.0628. The Morgan fingerprint density at radius 1 is 1.29 bits per heavy atom. The van der Waals surface area contributed by atoms with E-state index in [1.165, 1.54) is 4.31 Å². The molecule has 5 nitrogen and oxygen atoms in total. The Kier molecular flexibility index (Phi) is 4.33. The SMILES string of the molecule is Cc1cc(N)c(C)c(S(=O)(=O)N2CCC(O)C(C)C2)c1C. The Bertz CT molecular complexity index is 629. The van der Waals surface area contributed by atoms with E-state index in [-0.39, 0.29) is 5.92 Å². The fourth-order valence-electron chi connectivity index (χ4n) is 2.87. The van der Waals surface area contributed by atoms with E-state index >= 15 is 0 Å². The molecule has 0 bridgehead atoms. The second-order valence-corrected chi connectivity index (χ2v) is 7.93. The molecule has 0 aromatic heterocycles. The third-order valence-corrected chi connectivity index (χ3v) is 6.64. The summed E-state index contributed by atoms with van der Waals surface area (Å²) in [6.07, 6.45) is 0.0426. The highest BCUT2D eigenvalue weighted by Gasteiger charge is 2.34. The summed E-state index contributed by atoms with van der Waals surface area (Å²) in [7, 11) is -3.58. The first kappa shape index (κ1) is 16.3. The predicted molar refractivity (Wildman–Crippen MR) is 83.6 cm³/mol. The van der Waals surface area contributed by atoms with Gasteiger partial charge in [-0.3, -0.25) is 0 Å². The van der Waals surface area contributed by atoms with E-state index in [1.54, 1.807) is 6.92 Å². The van der Waals surface area contributed by atoms with Gasteiger partial charge in [-0.25, -0.2) is 8.42 Å². The van der Waals surface area contributed by atoms with Crippen molar-refractivity contribution >= 4 is 15.7 Å². The second kappa shape index (κ2) is 5.59. The molecule has 3 N–H and O–H groups in total. The largest absolute Gasteiger partial charge is 0.398 e. The van der Waals surface area contributed by atoms with Crippen LogP contribution in [-0.4, -0.2) is 37.0 Å². The van der Waals surface area contributed by atoms with Crippen LogP contribution in [0.4, 0.5) is 5.69 Å². The molecule has 2 atom stereocenters. The highest BCUT2D eigenvalue weighted by atomic mass is 32.2. The Morgan fingerprint density at radius 3 is 2.48 bits per heavy atom. The molecule has 1 fully saturated rings. The van der Waals surface area contributed by atoms with Crippen LogP contribution in [0, 0.1) is 26.7 Å². The van der Waals surface area contributed by atoms with Crippen LogP contribution in [0.25, 0.3) is 0 Å². The maximum atomic E-state index is 13.0. The molecular formula is C15H24N2O3S. The maximum absolute atomic E-state index is 13.0. The van der Waals surface area contributed by atoms with Gasteiger partial charge in [0.25, 0.3) is 0 Å². The fraction of sp³-hybridized carbons (Fsp3) is 0.600. The van der Waals surface area contributed by atoms with Gasteiger partial charge < -0.3 is 10.8 Å². The van der Waals surface area contributed by atoms with Crippen LogP contribution in [-0.2, 0) is 10.0 Å². The number of nitrogens with zero attached hydrogens (tertiary/aromatic N) is 1. The zero-order valence-corrected chi connectivity index (χ0v) is 13.9. The molecular weight excluding hydrogens is 288 g/mol. The molecule has 0 saturated carbocycles. The van der Waals surface area contributed by atoms with Gasteiger partial charge in [-0.05, 0) is 55.9 Å². The Morgan fingerprint density at radius 2 is 1.90 bits per heavy atom. The van der Waals surface area contributed by atoms with Crippen LogP contribution < -0.4 is 5.73 Å². The van der Waals surface area contributed by atoms with Gasteiger partial charge in [0.1, 0.15) is 0 Å². The van der Waals surface area contributed by atoms with Crippen molar-refractivity contribution in [3.8, 4) is 0 Å². The highest BCUT2D eigenvalue weighted by molar-refractivity contribution is 7.89. The van der Waals surface area contributed by atoms with E-state index in [9.17, 15) is 13.5 Å². The quantitative estimate of drug-likeness (QED) is 0.812. The van der Waals surface area contributed by atoms with Crippen LogP contribution in [0.15, 0.2) is 11.0 Å². The number of aliphatic hydroxyl groups excluding tert-OH is 1. The van der Waals surface area contributed by atoms with E-state index in [0.29, 0.717) is 35.7 Å². The molecule has 118 valence electrons. The molecule has 0 amide bonds. The lowest BCUT2D eigenvalue weighted by Crippen LogP contribution is -2.45. The van der Waals surface area contributed by atoms with Gasteiger partial charge in [0.05, 0.1) is 11.0 Å². The van der Waals surface area contributed by atoms with Crippen molar-refractivity contribution in [2.24, 2.45) is 5.92 Å². The molecule has 1 aliphatic rings. The van der Waals surface area contributed by atoms with Crippen LogP contribution in [0.5, 0.6) is 0 Å². The van der Waals surface area contributed by atoms with Crippen molar-refractivity contribution in [1.29, 1.82) is 0 Å². The number of nitrogens with two attached hydrogens (primary N) is 1. The summed E-state index contributed by atoms with van der Waals surface area (Å²) in [5, 5.41) is 9.79. The van der Waals surface area contributed by atoms with Crippen molar-refractivity contribution in [2.75, 3.05) is 18.8 Å². The van der Waals surface area contributed by atoms with Gasteiger partial charge >= 0.3 is 0 Å². The molecule has 1 heterocycles. The number of piperidine rings is 1. The number of rotatable bonds is 2. The molecule has 1 aromatic carbocycles. The lowest BCUT2D eigenvalue weighted by Gasteiger charge is -2.34. The van der Waals surface area contributed by atoms with Crippen molar-refractivity contribution < 1.29 is 13.5 Å². The molecule has 2 unspecified atom stereocenters. The smallest absolute Gasteiger partial charge is 0.243 e. The molecule has 1 aromatic rings. The molecule has 2 rings (SSSR count). The molecule has 0 spiro atoms. The Hall–Kier alpha value is -1.11. The first-order valence-corrected chi connectivity index (χ1v) is 8.64. The number of sulfonamides is 1. The lowest BCUT2D eigenvalue weighted by atomic mass is 9.99. The number of hydrogen-bond donors (Lipinski definition) is 2. The minimum Gasteiger partial charge on any atom is -0.398 e. The second-order valence-electron chi connectivity index (χ2n) is 6.06. The van der Waals surface area contributed by atoms with Crippen LogP contribution in [0.3, 0.4) is 0 Å². The van der Waals surface area contributed by atoms with Crippen LogP contribution >= 0.6 is 0 Å². The summed E-state index contributed by atoms with van der Waals surface area (Å²) in [5.41, 5.74) is 8.68. The van der Waals surface area contributed by atoms with Crippen molar-refractivity contribution in [2.45, 2.75) is 45.1 Å². The summed E-state index contributed by atoms with van der Waals surface area (Å²) in [6, 6.07) is 1.81. The van der Waals surface area contributed by atoms with Gasteiger partial charge in [-0.15, -0.1) is 0 Å². The minimum atomic E-state index is -3.58. The third kappa shape index (κ3) is 2.80. The number of aliphatic hydroxyl groups is 1. The van der Waals surface area contributed by atoms with Gasteiger partial charge in [0, 0.05) is 18.8 Å². The fourth-order valence-corrected chi connectivity index (χ4v) is 4.96. The first-order valence-electron chi connectivity index (χ1n) is 7.20. The molecule has 0 radical (unpaired) electrons. The standard InChI is InChI=1S/C15H24N2O3S/c1-9-7-13(16)12(4)15(11(9)3)21(19,20)17-6-5-14(18)10(2)8-17/h7,10,14,18H,5-6,8,16H2,1-4H3. The van der Waals surface area contributed by atoms with Crippen LogP contribution in [0.2, 0.25) is 0 Å². The van der Waals surface area contributed by atoms with Gasteiger partial charge in [0.2, 0.25) is 10.0 Å². The summed E-state index contributed by atoms with van der Waals surface area (Å²) in [6.45, 7) is 7.99. The third-order valence-electron chi connectivity index (χ3n) is 4.50. The molecule has 6 heteroatoms. The Balaban J connectivity index is 2.51. The molecule has 21 heavy (non-hydrogen) atoms. The van der Waals surface area contributed by atoms with Crippen molar-refractivity contribution in [3.05, 3.63) is 22.8 Å². The average Bonchev–Trinajstić information content (AvgIpc) is 2.39. The first-order chi connectivity index (χ1) is 9.66. The topological polar surface area (TPSA) is 83.6 Å². The highest BCUT2D eigenvalue weighted by Crippen LogP contribution is 2.32. The maximum Gasteiger partial charge on any atom is 0.243 e. The molecule has 0 aliphatic carbocycles. The Labute approximate surface area is 126 Å². The van der Waals surface area contributed by atoms with Crippen LogP contribution in [0.1, 0.15) is 30.0 Å². The normalized spacial score (nSPS) is 24.2. The zero-order chi connectivity index (χ0) is 15.9. The minimum absolute atomic E-state index is 0.0590. The van der Waals surface area contributed by atoms with Gasteiger partial charge in [0.15, 0.2) is 0 Å². The van der Waals surface area contributed by atoms with Crippen molar-refractivity contribution in [1.82, 2.24) is 4.31 Å². The van der Waals surface area contributed by atoms with Gasteiger partial charge in [-0.2, -0.15) is 4.31 Å². The summed E-state index contributed by atoms with van der Waals surface area (Å²) in [4.78, 5) is 0.323. The zero-order valence-electron chi connectivity index (χ0n) is 13.0. The molecule has 1 aliphatic heterocycles. The van der Waals surface area contributed by atoms with E-state index in [2.05, 4.69) is 0 Å².